The van der Waals surface area contributed by atoms with E-state index in [1.807, 2.05) is 41.3 Å². The minimum Gasteiger partial charge on any atom is -0.493 e. The maximum absolute atomic E-state index is 13.1. The largest absolute Gasteiger partial charge is 0.493 e. The number of unbranched alkanes of at least 4 members (excludes halogenated alkanes) is 3. The van der Waals surface area contributed by atoms with Gasteiger partial charge < -0.3 is 18.8 Å². The number of rotatable bonds is 9. The summed E-state index contributed by atoms with van der Waals surface area (Å²) >= 11 is 0. The van der Waals surface area contributed by atoms with Crippen molar-refractivity contribution in [3.8, 4) is 11.5 Å². The van der Waals surface area contributed by atoms with E-state index in [1.165, 1.54) is 12.8 Å². The van der Waals surface area contributed by atoms with E-state index in [0.29, 0.717) is 36.8 Å². The van der Waals surface area contributed by atoms with E-state index < -0.39 is 0 Å². The van der Waals surface area contributed by atoms with E-state index in [0.717, 1.165) is 42.7 Å². The molecule has 0 unspecified atom stereocenters. The van der Waals surface area contributed by atoms with Crippen LogP contribution in [0.5, 0.6) is 11.5 Å². The van der Waals surface area contributed by atoms with Crippen LogP contribution in [0.1, 0.15) is 67.6 Å². The fourth-order valence-electron chi connectivity index (χ4n) is 4.21. The number of nitrogens with zero attached hydrogens (tertiary/aromatic N) is 2. The van der Waals surface area contributed by atoms with Gasteiger partial charge in [0.2, 0.25) is 0 Å². The molecule has 32 heavy (non-hydrogen) atoms. The molecule has 170 valence electrons. The molecule has 0 bridgehead atoms. The Labute approximate surface area is 189 Å². The zero-order chi connectivity index (χ0) is 22.3. The number of likely N-dealkylation sites (tertiary alicyclic amines) is 1. The van der Waals surface area contributed by atoms with Crippen molar-refractivity contribution in [3.05, 3.63) is 53.9 Å². The standard InChI is InChI=1S/C26H32N2O4/c1-3-4-5-8-17-31-23-12-11-20(18-24(23)30-2)26(29)28-15-13-19(14-16-28)25-27-21-9-6-7-10-22(21)32-25/h6-7,9-12,18-19H,3-5,8,13-17H2,1-2H3. The van der Waals surface area contributed by atoms with Crippen molar-refractivity contribution in [2.75, 3.05) is 26.8 Å². The maximum Gasteiger partial charge on any atom is 0.253 e. The third-order valence-electron chi connectivity index (χ3n) is 6.11. The number of carbonyl (C=O) groups is 1. The third-order valence-corrected chi connectivity index (χ3v) is 6.11. The average Bonchev–Trinajstić information content (AvgIpc) is 3.28. The highest BCUT2D eigenvalue weighted by Gasteiger charge is 2.28. The second-order valence-corrected chi connectivity index (χ2v) is 8.36. The van der Waals surface area contributed by atoms with E-state index in [1.54, 1.807) is 13.2 Å². The number of methoxy groups -OCH3 is 1. The third kappa shape index (κ3) is 5.06. The number of hydrogen-bond acceptors (Lipinski definition) is 5. The van der Waals surface area contributed by atoms with Crippen LogP contribution in [0.4, 0.5) is 0 Å². The van der Waals surface area contributed by atoms with Crippen molar-refractivity contribution in [2.45, 2.75) is 51.4 Å². The number of aromatic nitrogens is 1. The summed E-state index contributed by atoms with van der Waals surface area (Å²) in [5, 5.41) is 0. The average molecular weight is 437 g/mol. The number of piperidine rings is 1. The summed E-state index contributed by atoms with van der Waals surface area (Å²) in [6.07, 6.45) is 6.29. The van der Waals surface area contributed by atoms with Crippen LogP contribution in [0, 0.1) is 0 Å². The number of amides is 1. The van der Waals surface area contributed by atoms with Gasteiger partial charge in [-0.05, 0) is 49.6 Å². The van der Waals surface area contributed by atoms with Gasteiger partial charge in [0.1, 0.15) is 5.52 Å². The molecule has 3 aromatic rings. The molecular weight excluding hydrogens is 404 g/mol. The van der Waals surface area contributed by atoms with Crippen LogP contribution >= 0.6 is 0 Å². The minimum atomic E-state index is 0.0220. The molecule has 1 aromatic heterocycles. The molecular formula is C26H32N2O4. The topological polar surface area (TPSA) is 64.8 Å². The molecule has 0 aliphatic carbocycles. The first kappa shape index (κ1) is 22.2. The fraction of sp³-hybridized carbons (Fsp3) is 0.462. The molecule has 0 atom stereocenters. The summed E-state index contributed by atoms with van der Waals surface area (Å²) in [5.41, 5.74) is 2.34. The molecule has 1 aliphatic rings. The lowest BCUT2D eigenvalue weighted by Gasteiger charge is -2.30. The molecule has 1 saturated heterocycles. The van der Waals surface area contributed by atoms with Gasteiger partial charge in [-0.3, -0.25) is 4.79 Å². The van der Waals surface area contributed by atoms with E-state index in [4.69, 9.17) is 13.9 Å². The Kier molecular flexibility index (Phi) is 7.30. The summed E-state index contributed by atoms with van der Waals surface area (Å²) in [4.78, 5) is 19.6. The molecule has 0 saturated carbocycles. The highest BCUT2D eigenvalue weighted by molar-refractivity contribution is 5.95. The Balaban J connectivity index is 1.35. The highest BCUT2D eigenvalue weighted by Crippen LogP contribution is 2.32. The number of benzene rings is 2. The monoisotopic (exact) mass is 436 g/mol. The number of fused-ring (bicyclic) bond motifs is 1. The molecule has 1 aliphatic heterocycles. The Morgan fingerprint density at radius 2 is 1.91 bits per heavy atom. The lowest BCUT2D eigenvalue weighted by atomic mass is 9.96. The normalized spacial score (nSPS) is 14.6. The van der Waals surface area contributed by atoms with Crippen LogP contribution in [0.3, 0.4) is 0 Å². The van der Waals surface area contributed by atoms with Gasteiger partial charge in [-0.15, -0.1) is 0 Å². The van der Waals surface area contributed by atoms with Gasteiger partial charge in [-0.25, -0.2) is 4.98 Å². The summed E-state index contributed by atoms with van der Waals surface area (Å²) in [7, 11) is 1.61. The fourth-order valence-corrected chi connectivity index (χ4v) is 4.21. The van der Waals surface area contributed by atoms with Crippen molar-refractivity contribution in [2.24, 2.45) is 0 Å². The molecule has 0 N–H and O–H groups in total. The number of para-hydroxylation sites is 2. The van der Waals surface area contributed by atoms with Crippen LogP contribution in [-0.4, -0.2) is 42.6 Å². The Morgan fingerprint density at radius 1 is 1.09 bits per heavy atom. The van der Waals surface area contributed by atoms with Crippen molar-refractivity contribution in [1.29, 1.82) is 0 Å². The van der Waals surface area contributed by atoms with Gasteiger partial charge in [0.15, 0.2) is 23.0 Å². The molecule has 1 fully saturated rings. The maximum atomic E-state index is 13.1. The molecule has 4 rings (SSSR count). The zero-order valence-corrected chi connectivity index (χ0v) is 19.0. The van der Waals surface area contributed by atoms with Crippen molar-refractivity contribution >= 4 is 17.0 Å². The molecule has 1 amide bonds. The van der Waals surface area contributed by atoms with Gasteiger partial charge in [-0.2, -0.15) is 0 Å². The number of hydrogen-bond donors (Lipinski definition) is 0. The molecule has 2 aromatic carbocycles. The van der Waals surface area contributed by atoms with E-state index in [9.17, 15) is 4.79 Å². The molecule has 0 spiro atoms. The second-order valence-electron chi connectivity index (χ2n) is 8.36. The van der Waals surface area contributed by atoms with E-state index in [2.05, 4.69) is 11.9 Å². The summed E-state index contributed by atoms with van der Waals surface area (Å²) in [6.45, 7) is 4.21. The Morgan fingerprint density at radius 3 is 2.66 bits per heavy atom. The lowest BCUT2D eigenvalue weighted by molar-refractivity contribution is 0.0706. The van der Waals surface area contributed by atoms with E-state index in [-0.39, 0.29) is 11.8 Å². The molecule has 0 radical (unpaired) electrons. The number of oxazole rings is 1. The summed E-state index contributed by atoms with van der Waals surface area (Å²) in [5.74, 6) is 2.33. The SMILES string of the molecule is CCCCCCOc1ccc(C(=O)N2CCC(c3nc4ccccc4o3)CC2)cc1OC. The molecule has 6 nitrogen and oxygen atoms in total. The quantitative estimate of drug-likeness (QED) is 0.396. The lowest BCUT2D eigenvalue weighted by Crippen LogP contribution is -2.38. The number of carbonyl (C=O) groups excluding carboxylic acids is 1. The molecule has 6 heteroatoms. The summed E-state index contributed by atoms with van der Waals surface area (Å²) in [6, 6.07) is 13.3. The van der Waals surface area contributed by atoms with Crippen LogP contribution in [-0.2, 0) is 0 Å². The van der Waals surface area contributed by atoms with Crippen LogP contribution in [0.15, 0.2) is 46.9 Å². The second kappa shape index (κ2) is 10.5. The van der Waals surface area contributed by atoms with Crippen molar-refractivity contribution in [3.63, 3.8) is 0 Å². The number of ether oxygens (including phenoxy) is 2. The Hall–Kier alpha value is -3.02. The van der Waals surface area contributed by atoms with Gasteiger partial charge in [0.25, 0.3) is 5.91 Å². The van der Waals surface area contributed by atoms with E-state index >= 15 is 0 Å². The van der Waals surface area contributed by atoms with Gasteiger partial charge in [0.05, 0.1) is 13.7 Å². The van der Waals surface area contributed by atoms with Crippen molar-refractivity contribution in [1.82, 2.24) is 9.88 Å². The predicted molar refractivity (Wildman–Crippen MR) is 125 cm³/mol. The smallest absolute Gasteiger partial charge is 0.253 e. The van der Waals surface area contributed by atoms with Crippen LogP contribution < -0.4 is 9.47 Å². The first-order valence-electron chi connectivity index (χ1n) is 11.6. The van der Waals surface area contributed by atoms with Crippen molar-refractivity contribution < 1.29 is 18.7 Å². The molecule has 2 heterocycles. The van der Waals surface area contributed by atoms with Gasteiger partial charge in [0, 0.05) is 24.6 Å². The summed E-state index contributed by atoms with van der Waals surface area (Å²) < 4.78 is 17.3. The van der Waals surface area contributed by atoms with Crippen LogP contribution in [0.2, 0.25) is 0 Å². The predicted octanol–water partition coefficient (Wildman–Crippen LogP) is 5.82. The first-order chi connectivity index (χ1) is 15.7. The Bertz CT molecular complexity index is 1000. The van der Waals surface area contributed by atoms with Gasteiger partial charge >= 0.3 is 0 Å². The van der Waals surface area contributed by atoms with Gasteiger partial charge in [-0.1, -0.05) is 38.3 Å². The highest BCUT2D eigenvalue weighted by atomic mass is 16.5. The first-order valence-corrected chi connectivity index (χ1v) is 11.6. The van der Waals surface area contributed by atoms with Crippen LogP contribution in [0.25, 0.3) is 11.1 Å². The zero-order valence-electron chi connectivity index (χ0n) is 19.0. The minimum absolute atomic E-state index is 0.0220.